The molecule has 5 nitrogen and oxygen atoms in total. The number of carbonyl (C=O) groups excluding carboxylic acids is 1. The van der Waals surface area contributed by atoms with Crippen molar-refractivity contribution in [2.45, 2.75) is 6.54 Å². The van der Waals surface area contributed by atoms with Crippen LogP contribution in [-0.4, -0.2) is 10.9 Å². The first kappa shape index (κ1) is 14.6. The van der Waals surface area contributed by atoms with Crippen molar-refractivity contribution < 1.29 is 4.79 Å². The lowest BCUT2D eigenvalue weighted by Gasteiger charge is -2.11. The van der Waals surface area contributed by atoms with E-state index in [9.17, 15) is 4.79 Å². The Morgan fingerprint density at radius 1 is 1.41 bits per heavy atom. The van der Waals surface area contributed by atoms with Gasteiger partial charge < -0.3 is 16.8 Å². The van der Waals surface area contributed by atoms with Gasteiger partial charge in [0.1, 0.15) is 5.15 Å². The van der Waals surface area contributed by atoms with Crippen molar-refractivity contribution in [3.05, 3.63) is 52.1 Å². The Hall–Kier alpha value is -2.31. The molecule has 0 bridgehead atoms. The molecule has 1 aromatic carbocycles. The molecule has 5 N–H and O–H groups in total. The van der Waals surface area contributed by atoms with Gasteiger partial charge in [-0.15, -0.1) is 11.3 Å². The predicted molar refractivity (Wildman–Crippen MR) is 91.3 cm³/mol. The first-order valence-corrected chi connectivity index (χ1v) is 7.76. The van der Waals surface area contributed by atoms with Gasteiger partial charge in [-0.25, -0.2) is 4.98 Å². The fraction of sp³-hybridized carbons (Fsp3) is 0.0667. The molecule has 2 heterocycles. The minimum absolute atomic E-state index is 0.297. The largest absolute Gasteiger partial charge is 0.398 e. The average molecular weight is 333 g/mol. The van der Waals surface area contributed by atoms with Gasteiger partial charge in [-0.1, -0.05) is 29.8 Å². The summed E-state index contributed by atoms with van der Waals surface area (Å²) in [7, 11) is 0. The van der Waals surface area contributed by atoms with Gasteiger partial charge in [0.2, 0.25) is 0 Å². The molecule has 3 aromatic rings. The highest BCUT2D eigenvalue weighted by molar-refractivity contribution is 7.18. The average Bonchev–Trinajstić information content (AvgIpc) is 2.87. The number of anilines is 2. The fourth-order valence-electron chi connectivity index (χ4n) is 2.24. The molecule has 0 saturated heterocycles. The maximum atomic E-state index is 11.4. The Kier molecular flexibility index (Phi) is 3.87. The quantitative estimate of drug-likeness (QED) is 0.639. The molecule has 0 unspecified atom stereocenters. The standard InChI is InChI=1S/C15H13ClN4OS/c16-13-4-12(10(6-20-13)15(18)21)19-5-8-2-1-3-9-11(17)7-22-14(8)9/h1-4,6-7H,5,17H2,(H2,18,21)(H,19,20). The lowest BCUT2D eigenvalue weighted by Crippen LogP contribution is -2.15. The van der Waals surface area contributed by atoms with E-state index >= 15 is 0 Å². The van der Waals surface area contributed by atoms with Crippen molar-refractivity contribution in [3.63, 3.8) is 0 Å². The highest BCUT2D eigenvalue weighted by Gasteiger charge is 2.11. The zero-order valence-corrected chi connectivity index (χ0v) is 13.0. The molecule has 0 aliphatic rings. The van der Waals surface area contributed by atoms with Gasteiger partial charge >= 0.3 is 0 Å². The van der Waals surface area contributed by atoms with Crippen LogP contribution in [0.25, 0.3) is 10.1 Å². The zero-order valence-electron chi connectivity index (χ0n) is 11.5. The molecule has 1 amide bonds. The third-order valence-electron chi connectivity index (χ3n) is 3.32. The van der Waals surface area contributed by atoms with Crippen LogP contribution in [0.1, 0.15) is 15.9 Å². The molecule has 0 aliphatic heterocycles. The Morgan fingerprint density at radius 2 is 2.23 bits per heavy atom. The van der Waals surface area contributed by atoms with E-state index in [1.807, 2.05) is 23.6 Å². The number of nitrogens with two attached hydrogens (primary N) is 2. The summed E-state index contributed by atoms with van der Waals surface area (Å²) in [5, 5.41) is 6.45. The number of thiophene rings is 1. The summed E-state index contributed by atoms with van der Waals surface area (Å²) in [6, 6.07) is 7.54. The third kappa shape index (κ3) is 2.70. The number of nitrogen functional groups attached to an aromatic ring is 1. The van der Waals surface area contributed by atoms with Crippen molar-refractivity contribution in [1.82, 2.24) is 4.98 Å². The van der Waals surface area contributed by atoms with Gasteiger partial charge in [0, 0.05) is 28.2 Å². The molecule has 0 spiro atoms. The molecule has 0 fully saturated rings. The minimum atomic E-state index is -0.551. The van der Waals surface area contributed by atoms with Gasteiger partial charge in [0.05, 0.1) is 16.9 Å². The molecule has 112 valence electrons. The summed E-state index contributed by atoms with van der Waals surface area (Å²) >= 11 is 7.48. The van der Waals surface area contributed by atoms with E-state index in [2.05, 4.69) is 10.3 Å². The lowest BCUT2D eigenvalue weighted by molar-refractivity contribution is 0.100. The number of fused-ring (bicyclic) bond motifs is 1. The van der Waals surface area contributed by atoms with E-state index < -0.39 is 5.91 Å². The van der Waals surface area contributed by atoms with E-state index in [-0.39, 0.29) is 0 Å². The first-order chi connectivity index (χ1) is 10.6. The Morgan fingerprint density at radius 3 is 3.00 bits per heavy atom. The number of rotatable bonds is 4. The fourth-order valence-corrected chi connectivity index (χ4v) is 3.37. The van der Waals surface area contributed by atoms with Crippen LogP contribution in [0, 0.1) is 0 Å². The van der Waals surface area contributed by atoms with Crippen LogP contribution in [0.4, 0.5) is 11.4 Å². The summed E-state index contributed by atoms with van der Waals surface area (Å²) in [5.41, 5.74) is 14.0. The number of hydrogen-bond donors (Lipinski definition) is 3. The third-order valence-corrected chi connectivity index (χ3v) is 4.61. The molecule has 7 heteroatoms. The van der Waals surface area contributed by atoms with Crippen molar-refractivity contribution in [1.29, 1.82) is 0 Å². The molecule has 0 saturated carbocycles. The normalized spacial score (nSPS) is 10.8. The summed E-state index contributed by atoms with van der Waals surface area (Å²) < 4.78 is 1.12. The molecule has 3 rings (SSSR count). The highest BCUT2D eigenvalue weighted by atomic mass is 35.5. The highest BCUT2D eigenvalue weighted by Crippen LogP contribution is 2.31. The molecule has 0 atom stereocenters. The number of nitrogens with one attached hydrogen (secondary N) is 1. The second kappa shape index (κ2) is 5.82. The van der Waals surface area contributed by atoms with Gasteiger partial charge in [-0.3, -0.25) is 4.79 Å². The summed E-state index contributed by atoms with van der Waals surface area (Å²) in [4.78, 5) is 15.3. The van der Waals surface area contributed by atoms with Gasteiger partial charge in [0.25, 0.3) is 5.91 Å². The number of carbonyl (C=O) groups is 1. The zero-order chi connectivity index (χ0) is 15.7. The van der Waals surface area contributed by atoms with Crippen molar-refractivity contribution >= 4 is 50.3 Å². The van der Waals surface area contributed by atoms with Gasteiger partial charge in [0.15, 0.2) is 0 Å². The van der Waals surface area contributed by atoms with Crippen LogP contribution >= 0.6 is 22.9 Å². The van der Waals surface area contributed by atoms with Crippen LogP contribution < -0.4 is 16.8 Å². The van der Waals surface area contributed by atoms with Crippen LogP contribution in [-0.2, 0) is 6.54 Å². The van der Waals surface area contributed by atoms with Crippen LogP contribution in [0.3, 0.4) is 0 Å². The number of aromatic nitrogens is 1. The molecular weight excluding hydrogens is 320 g/mol. The molecule has 0 aliphatic carbocycles. The topological polar surface area (TPSA) is 94.0 Å². The maximum absolute atomic E-state index is 11.4. The molecule has 22 heavy (non-hydrogen) atoms. The number of amides is 1. The van der Waals surface area contributed by atoms with Crippen LogP contribution in [0.15, 0.2) is 35.8 Å². The van der Waals surface area contributed by atoms with E-state index in [0.717, 1.165) is 21.3 Å². The SMILES string of the molecule is NC(=O)c1cnc(Cl)cc1NCc1cccc2c(N)csc12. The monoisotopic (exact) mass is 332 g/mol. The number of nitrogens with zero attached hydrogens (tertiary/aromatic N) is 1. The van der Waals surface area contributed by atoms with Crippen molar-refractivity contribution in [2.75, 3.05) is 11.1 Å². The van der Waals surface area contributed by atoms with Crippen molar-refractivity contribution in [2.24, 2.45) is 5.73 Å². The van der Waals surface area contributed by atoms with Crippen LogP contribution in [0.2, 0.25) is 5.15 Å². The smallest absolute Gasteiger partial charge is 0.252 e. The number of pyridine rings is 1. The van der Waals surface area contributed by atoms with Crippen molar-refractivity contribution in [3.8, 4) is 0 Å². The lowest BCUT2D eigenvalue weighted by atomic mass is 10.1. The maximum Gasteiger partial charge on any atom is 0.252 e. The predicted octanol–water partition coefficient (Wildman–Crippen LogP) is 3.24. The number of hydrogen-bond acceptors (Lipinski definition) is 5. The molecular formula is C15H13ClN4OS. The van der Waals surface area contributed by atoms with Gasteiger partial charge in [-0.05, 0) is 11.6 Å². The van der Waals surface area contributed by atoms with Crippen LogP contribution in [0.5, 0.6) is 0 Å². The molecule has 0 radical (unpaired) electrons. The second-order valence-corrected chi connectivity index (χ2v) is 6.02. The number of halogens is 1. The summed E-state index contributed by atoms with van der Waals surface area (Å²) in [6.07, 6.45) is 1.37. The van der Waals surface area contributed by atoms with Gasteiger partial charge in [-0.2, -0.15) is 0 Å². The first-order valence-electron chi connectivity index (χ1n) is 6.50. The van der Waals surface area contributed by atoms with E-state index in [0.29, 0.717) is 22.9 Å². The Bertz CT molecular complexity index is 862. The summed E-state index contributed by atoms with van der Waals surface area (Å²) in [6.45, 7) is 0.526. The summed E-state index contributed by atoms with van der Waals surface area (Å²) in [5.74, 6) is -0.551. The number of primary amides is 1. The number of benzene rings is 1. The van der Waals surface area contributed by atoms with E-state index in [1.54, 1.807) is 17.4 Å². The van der Waals surface area contributed by atoms with E-state index in [1.165, 1.54) is 6.20 Å². The second-order valence-electron chi connectivity index (χ2n) is 4.76. The Labute approximate surface area is 135 Å². The van der Waals surface area contributed by atoms with E-state index in [4.69, 9.17) is 23.1 Å². The molecule has 2 aromatic heterocycles. The minimum Gasteiger partial charge on any atom is -0.398 e. The Balaban J connectivity index is 1.91.